The highest BCUT2D eigenvalue weighted by Crippen LogP contribution is 2.18. The van der Waals surface area contributed by atoms with Gasteiger partial charge in [-0.1, -0.05) is 0 Å². The molecule has 1 saturated heterocycles. The molecule has 0 spiro atoms. The fourth-order valence-electron chi connectivity index (χ4n) is 2.47. The van der Waals surface area contributed by atoms with Crippen LogP contribution in [0.15, 0.2) is 11.4 Å². The Bertz CT molecular complexity index is 580. The summed E-state index contributed by atoms with van der Waals surface area (Å²) in [6.45, 7) is 3.19. The van der Waals surface area contributed by atoms with Gasteiger partial charge in [0.05, 0.1) is 12.7 Å². The van der Waals surface area contributed by atoms with E-state index in [2.05, 4.69) is 4.72 Å². The monoisotopic (exact) mass is 316 g/mol. The van der Waals surface area contributed by atoms with Gasteiger partial charge >= 0.3 is 0 Å². The lowest BCUT2D eigenvalue weighted by Crippen LogP contribution is -2.49. The van der Waals surface area contributed by atoms with Gasteiger partial charge < -0.3 is 4.90 Å². The van der Waals surface area contributed by atoms with Crippen molar-refractivity contribution in [3.63, 3.8) is 0 Å². The summed E-state index contributed by atoms with van der Waals surface area (Å²) in [5.41, 5.74) is 1.07. The van der Waals surface area contributed by atoms with Crippen molar-refractivity contribution in [1.82, 2.24) is 9.62 Å². The number of likely N-dealkylation sites (tertiary alicyclic amines) is 1. The average molecular weight is 316 g/mol. The molecule has 112 valence electrons. The standard InChI is InChI=1S/C13H20N2O3S2/c1-10-11(5-7-19-10)8-13(16)15-6-3-4-12(9-15)14-20(2,17)18/h5,7,12,14H,3-4,6,8-9H2,1-2H3. The lowest BCUT2D eigenvalue weighted by molar-refractivity contribution is -0.131. The van der Waals surface area contributed by atoms with Crippen LogP contribution in [0.3, 0.4) is 0 Å². The highest BCUT2D eigenvalue weighted by molar-refractivity contribution is 7.88. The fourth-order valence-corrected chi connectivity index (χ4v) is 4.00. The van der Waals surface area contributed by atoms with Crippen molar-refractivity contribution >= 4 is 27.3 Å². The molecule has 0 bridgehead atoms. The predicted molar refractivity (Wildman–Crippen MR) is 80.3 cm³/mol. The minimum Gasteiger partial charge on any atom is -0.341 e. The van der Waals surface area contributed by atoms with Gasteiger partial charge in [0.25, 0.3) is 0 Å². The van der Waals surface area contributed by atoms with Crippen LogP contribution in [-0.4, -0.2) is 44.6 Å². The molecular weight excluding hydrogens is 296 g/mol. The van der Waals surface area contributed by atoms with Crippen LogP contribution in [0.1, 0.15) is 23.3 Å². The van der Waals surface area contributed by atoms with Crippen LogP contribution in [-0.2, 0) is 21.2 Å². The molecule has 1 aliphatic rings. The molecule has 2 rings (SSSR count). The third-order valence-electron chi connectivity index (χ3n) is 3.46. The Morgan fingerprint density at radius 2 is 2.30 bits per heavy atom. The Kier molecular flexibility index (Phi) is 4.82. The third-order valence-corrected chi connectivity index (χ3v) is 5.11. The van der Waals surface area contributed by atoms with Crippen LogP contribution in [0.2, 0.25) is 0 Å². The van der Waals surface area contributed by atoms with E-state index in [9.17, 15) is 13.2 Å². The summed E-state index contributed by atoms with van der Waals surface area (Å²) in [6, 6.07) is 1.82. The van der Waals surface area contributed by atoms with Gasteiger partial charge in [-0.15, -0.1) is 11.3 Å². The molecule has 2 heterocycles. The summed E-state index contributed by atoms with van der Waals surface area (Å²) in [6.07, 6.45) is 3.18. The summed E-state index contributed by atoms with van der Waals surface area (Å²) >= 11 is 1.64. The number of nitrogens with zero attached hydrogens (tertiary/aromatic N) is 1. The molecule has 0 aromatic carbocycles. The zero-order valence-corrected chi connectivity index (χ0v) is 13.4. The number of nitrogens with one attached hydrogen (secondary N) is 1. The lowest BCUT2D eigenvalue weighted by atomic mass is 10.1. The van der Waals surface area contributed by atoms with Gasteiger partial charge in [0.2, 0.25) is 15.9 Å². The topological polar surface area (TPSA) is 66.5 Å². The maximum atomic E-state index is 12.3. The highest BCUT2D eigenvalue weighted by Gasteiger charge is 2.25. The van der Waals surface area contributed by atoms with E-state index >= 15 is 0 Å². The Labute approximate surface area is 124 Å². The van der Waals surface area contributed by atoms with Crippen LogP contribution in [0, 0.1) is 6.92 Å². The molecule has 0 aliphatic carbocycles. The van der Waals surface area contributed by atoms with Crippen molar-refractivity contribution in [2.75, 3.05) is 19.3 Å². The Morgan fingerprint density at radius 1 is 1.55 bits per heavy atom. The van der Waals surface area contributed by atoms with Gasteiger partial charge in [-0.05, 0) is 36.8 Å². The molecule has 1 atom stereocenters. The van der Waals surface area contributed by atoms with E-state index in [-0.39, 0.29) is 11.9 Å². The number of aryl methyl sites for hydroxylation is 1. The molecule has 1 unspecified atom stereocenters. The number of hydrogen-bond acceptors (Lipinski definition) is 4. The number of hydrogen-bond donors (Lipinski definition) is 1. The molecule has 1 aliphatic heterocycles. The molecule has 1 aromatic rings. The molecule has 0 radical (unpaired) electrons. The van der Waals surface area contributed by atoms with Gasteiger partial charge in [-0.3, -0.25) is 4.79 Å². The van der Waals surface area contributed by atoms with E-state index < -0.39 is 10.0 Å². The highest BCUT2D eigenvalue weighted by atomic mass is 32.2. The van der Waals surface area contributed by atoms with Gasteiger partial charge in [0.15, 0.2) is 0 Å². The lowest BCUT2D eigenvalue weighted by Gasteiger charge is -2.32. The molecule has 1 N–H and O–H groups in total. The smallest absolute Gasteiger partial charge is 0.227 e. The molecule has 20 heavy (non-hydrogen) atoms. The molecule has 1 aromatic heterocycles. The summed E-state index contributed by atoms with van der Waals surface area (Å²) in [5.74, 6) is 0.0755. The van der Waals surface area contributed by atoms with Gasteiger partial charge in [0, 0.05) is 24.0 Å². The molecule has 0 saturated carbocycles. The summed E-state index contributed by atoms with van der Waals surface area (Å²) in [4.78, 5) is 15.2. The summed E-state index contributed by atoms with van der Waals surface area (Å²) < 4.78 is 25.1. The van der Waals surface area contributed by atoms with Crippen molar-refractivity contribution in [2.45, 2.75) is 32.2 Å². The number of piperidine rings is 1. The minimum atomic E-state index is -3.22. The predicted octanol–water partition coefficient (Wildman–Crippen LogP) is 1.14. The SMILES string of the molecule is Cc1sccc1CC(=O)N1CCCC(NS(C)(=O)=O)C1. The average Bonchev–Trinajstić information content (AvgIpc) is 2.73. The maximum Gasteiger partial charge on any atom is 0.227 e. The normalized spacial score (nSPS) is 20.1. The number of sulfonamides is 1. The van der Waals surface area contributed by atoms with Crippen LogP contribution in [0.4, 0.5) is 0 Å². The van der Waals surface area contributed by atoms with E-state index in [0.717, 1.165) is 24.7 Å². The number of amides is 1. The number of carbonyl (C=O) groups excluding carboxylic acids is 1. The maximum absolute atomic E-state index is 12.3. The van der Waals surface area contributed by atoms with E-state index in [4.69, 9.17) is 0 Å². The second-order valence-electron chi connectivity index (χ2n) is 5.25. The van der Waals surface area contributed by atoms with Crippen LogP contribution < -0.4 is 4.72 Å². The minimum absolute atomic E-state index is 0.0755. The molecule has 5 nitrogen and oxygen atoms in total. The van der Waals surface area contributed by atoms with Gasteiger partial charge in [0.1, 0.15) is 0 Å². The van der Waals surface area contributed by atoms with E-state index in [1.165, 1.54) is 4.88 Å². The second-order valence-corrected chi connectivity index (χ2v) is 8.15. The van der Waals surface area contributed by atoms with Crippen molar-refractivity contribution in [1.29, 1.82) is 0 Å². The van der Waals surface area contributed by atoms with E-state index in [1.807, 2.05) is 18.4 Å². The zero-order chi connectivity index (χ0) is 14.8. The van der Waals surface area contributed by atoms with Crippen LogP contribution in [0.5, 0.6) is 0 Å². The van der Waals surface area contributed by atoms with Gasteiger partial charge in [-0.2, -0.15) is 0 Å². The van der Waals surface area contributed by atoms with Crippen molar-refractivity contribution in [3.8, 4) is 0 Å². The first kappa shape index (κ1) is 15.5. The Balaban J connectivity index is 1.95. The van der Waals surface area contributed by atoms with Crippen LogP contribution >= 0.6 is 11.3 Å². The Hall–Kier alpha value is -0.920. The molecular formula is C13H20N2O3S2. The van der Waals surface area contributed by atoms with E-state index in [0.29, 0.717) is 19.5 Å². The summed E-state index contributed by atoms with van der Waals surface area (Å²) in [7, 11) is -3.22. The van der Waals surface area contributed by atoms with Crippen LogP contribution in [0.25, 0.3) is 0 Å². The fraction of sp³-hybridized carbons (Fsp3) is 0.615. The second kappa shape index (κ2) is 6.24. The molecule has 1 amide bonds. The first-order chi connectivity index (χ1) is 9.35. The van der Waals surface area contributed by atoms with Crippen molar-refractivity contribution < 1.29 is 13.2 Å². The molecule has 1 fully saturated rings. The number of rotatable bonds is 4. The largest absolute Gasteiger partial charge is 0.341 e. The van der Waals surface area contributed by atoms with Gasteiger partial charge in [-0.25, -0.2) is 13.1 Å². The Morgan fingerprint density at radius 3 is 2.90 bits per heavy atom. The number of carbonyl (C=O) groups is 1. The van der Waals surface area contributed by atoms with Crippen molar-refractivity contribution in [2.24, 2.45) is 0 Å². The third kappa shape index (κ3) is 4.29. The first-order valence-corrected chi connectivity index (χ1v) is 9.40. The molecule has 7 heteroatoms. The van der Waals surface area contributed by atoms with E-state index in [1.54, 1.807) is 16.2 Å². The summed E-state index contributed by atoms with van der Waals surface area (Å²) in [5, 5.41) is 1.99. The first-order valence-electron chi connectivity index (χ1n) is 6.63. The zero-order valence-electron chi connectivity index (χ0n) is 11.8. The number of thiophene rings is 1. The van der Waals surface area contributed by atoms with Crippen molar-refractivity contribution in [3.05, 3.63) is 21.9 Å². The quantitative estimate of drug-likeness (QED) is 0.906.